The molecule has 1 aromatic rings. The molecule has 0 fully saturated rings. The lowest BCUT2D eigenvalue weighted by Gasteiger charge is -2.01. The Balaban J connectivity index is 2.16. The second-order valence-electron chi connectivity index (χ2n) is 2.54. The van der Waals surface area contributed by atoms with Gasteiger partial charge in [0.1, 0.15) is 0 Å². The van der Waals surface area contributed by atoms with Crippen molar-refractivity contribution in [2.75, 3.05) is 11.9 Å². The minimum absolute atomic E-state index is 0.869. The van der Waals surface area contributed by atoms with Crippen molar-refractivity contribution in [3.05, 3.63) is 30.1 Å². The maximum Gasteiger partial charge on any atom is 0.0541 e. The van der Waals surface area contributed by atoms with Crippen molar-refractivity contribution in [1.82, 2.24) is 10.3 Å². The summed E-state index contributed by atoms with van der Waals surface area (Å²) in [6.07, 6.45) is 2.98. The standard InChI is InChI=1S/C9H13BrN2/c10-5-3-6-11-8-9-4-1-2-7-12-9/h1-2,4,7,11H,3,5-6,8H2. The van der Waals surface area contributed by atoms with E-state index in [4.69, 9.17) is 0 Å². The van der Waals surface area contributed by atoms with Crippen LogP contribution in [-0.4, -0.2) is 16.9 Å². The normalized spacial score (nSPS) is 10.1. The topological polar surface area (TPSA) is 24.9 Å². The van der Waals surface area contributed by atoms with Gasteiger partial charge in [0.2, 0.25) is 0 Å². The first kappa shape index (κ1) is 9.68. The summed E-state index contributed by atoms with van der Waals surface area (Å²) in [6, 6.07) is 5.97. The molecular formula is C9H13BrN2. The van der Waals surface area contributed by atoms with Crippen LogP contribution in [0.2, 0.25) is 0 Å². The molecule has 0 saturated carbocycles. The average Bonchev–Trinajstić information content (AvgIpc) is 2.14. The highest BCUT2D eigenvalue weighted by Gasteiger charge is 1.90. The Morgan fingerprint density at radius 1 is 1.42 bits per heavy atom. The number of rotatable bonds is 5. The van der Waals surface area contributed by atoms with Gasteiger partial charge in [0.15, 0.2) is 0 Å². The quantitative estimate of drug-likeness (QED) is 0.616. The molecule has 12 heavy (non-hydrogen) atoms. The van der Waals surface area contributed by atoms with Crippen LogP contribution >= 0.6 is 15.9 Å². The second kappa shape index (κ2) is 6.14. The third-order valence-electron chi connectivity index (χ3n) is 1.52. The molecule has 1 rings (SSSR count). The van der Waals surface area contributed by atoms with Crippen LogP contribution in [0.3, 0.4) is 0 Å². The van der Waals surface area contributed by atoms with Crippen molar-refractivity contribution >= 4 is 15.9 Å². The van der Waals surface area contributed by atoms with E-state index in [1.807, 2.05) is 24.4 Å². The minimum atomic E-state index is 0.869. The van der Waals surface area contributed by atoms with Gasteiger partial charge in [0.25, 0.3) is 0 Å². The third-order valence-corrected chi connectivity index (χ3v) is 2.08. The van der Waals surface area contributed by atoms with Crippen LogP contribution in [0.5, 0.6) is 0 Å². The zero-order valence-electron chi connectivity index (χ0n) is 6.96. The number of alkyl halides is 1. The summed E-state index contributed by atoms with van der Waals surface area (Å²) < 4.78 is 0. The van der Waals surface area contributed by atoms with Crippen molar-refractivity contribution in [1.29, 1.82) is 0 Å². The molecule has 0 spiro atoms. The lowest BCUT2D eigenvalue weighted by atomic mass is 10.3. The fraction of sp³-hybridized carbons (Fsp3) is 0.444. The number of nitrogens with zero attached hydrogens (tertiary/aromatic N) is 1. The zero-order chi connectivity index (χ0) is 8.65. The van der Waals surface area contributed by atoms with Gasteiger partial charge in [-0.1, -0.05) is 22.0 Å². The zero-order valence-corrected chi connectivity index (χ0v) is 8.55. The lowest BCUT2D eigenvalue weighted by molar-refractivity contribution is 0.668. The first-order valence-electron chi connectivity index (χ1n) is 4.10. The maximum absolute atomic E-state index is 4.20. The molecule has 1 N–H and O–H groups in total. The van der Waals surface area contributed by atoms with Crippen LogP contribution < -0.4 is 5.32 Å². The summed E-state index contributed by atoms with van der Waals surface area (Å²) in [7, 11) is 0. The van der Waals surface area contributed by atoms with Crippen LogP contribution in [0, 0.1) is 0 Å². The monoisotopic (exact) mass is 228 g/mol. The van der Waals surface area contributed by atoms with Crippen molar-refractivity contribution in [2.45, 2.75) is 13.0 Å². The van der Waals surface area contributed by atoms with E-state index in [0.29, 0.717) is 0 Å². The molecule has 0 radical (unpaired) electrons. The molecule has 1 aromatic heterocycles. The first-order valence-corrected chi connectivity index (χ1v) is 5.22. The lowest BCUT2D eigenvalue weighted by Crippen LogP contribution is -2.15. The average molecular weight is 229 g/mol. The van der Waals surface area contributed by atoms with Crippen LogP contribution in [0.15, 0.2) is 24.4 Å². The van der Waals surface area contributed by atoms with Crippen molar-refractivity contribution in [3.63, 3.8) is 0 Å². The van der Waals surface area contributed by atoms with E-state index in [1.165, 1.54) is 0 Å². The Morgan fingerprint density at radius 3 is 3.00 bits per heavy atom. The Labute approximate surface area is 81.5 Å². The molecule has 0 bridgehead atoms. The predicted octanol–water partition coefficient (Wildman–Crippen LogP) is 1.96. The van der Waals surface area contributed by atoms with Gasteiger partial charge < -0.3 is 5.32 Å². The highest BCUT2D eigenvalue weighted by molar-refractivity contribution is 9.09. The summed E-state index contributed by atoms with van der Waals surface area (Å²) in [5.74, 6) is 0. The van der Waals surface area contributed by atoms with Gasteiger partial charge >= 0.3 is 0 Å². The molecule has 0 aliphatic rings. The number of hydrogen-bond donors (Lipinski definition) is 1. The molecule has 2 nitrogen and oxygen atoms in total. The molecule has 3 heteroatoms. The Hall–Kier alpha value is -0.410. The van der Waals surface area contributed by atoms with Crippen molar-refractivity contribution in [2.24, 2.45) is 0 Å². The summed E-state index contributed by atoms with van der Waals surface area (Å²) in [5, 5.41) is 4.37. The molecule has 0 atom stereocenters. The summed E-state index contributed by atoms with van der Waals surface area (Å²) in [4.78, 5) is 4.20. The summed E-state index contributed by atoms with van der Waals surface area (Å²) in [6.45, 7) is 1.91. The van der Waals surface area contributed by atoms with Crippen LogP contribution in [0.1, 0.15) is 12.1 Å². The second-order valence-corrected chi connectivity index (χ2v) is 3.33. The number of halogens is 1. The van der Waals surface area contributed by atoms with Gasteiger partial charge in [0, 0.05) is 18.1 Å². The first-order chi connectivity index (χ1) is 5.93. The molecule has 0 aromatic carbocycles. The highest BCUT2D eigenvalue weighted by Crippen LogP contribution is 1.92. The summed E-state index contributed by atoms with van der Waals surface area (Å²) in [5.41, 5.74) is 1.10. The van der Waals surface area contributed by atoms with Gasteiger partial charge in [-0.3, -0.25) is 4.98 Å². The van der Waals surface area contributed by atoms with E-state index in [9.17, 15) is 0 Å². The Bertz CT molecular complexity index is 201. The van der Waals surface area contributed by atoms with E-state index in [2.05, 4.69) is 26.2 Å². The van der Waals surface area contributed by atoms with Gasteiger partial charge in [-0.15, -0.1) is 0 Å². The predicted molar refractivity (Wildman–Crippen MR) is 54.4 cm³/mol. The fourth-order valence-corrected chi connectivity index (χ4v) is 1.19. The van der Waals surface area contributed by atoms with E-state index in [-0.39, 0.29) is 0 Å². The van der Waals surface area contributed by atoms with Crippen molar-refractivity contribution in [3.8, 4) is 0 Å². The van der Waals surface area contributed by atoms with E-state index >= 15 is 0 Å². The summed E-state index contributed by atoms with van der Waals surface area (Å²) >= 11 is 3.38. The van der Waals surface area contributed by atoms with Crippen LogP contribution in [-0.2, 0) is 6.54 Å². The minimum Gasteiger partial charge on any atom is -0.311 e. The van der Waals surface area contributed by atoms with Gasteiger partial charge in [-0.2, -0.15) is 0 Å². The van der Waals surface area contributed by atoms with Crippen LogP contribution in [0.4, 0.5) is 0 Å². The number of hydrogen-bond acceptors (Lipinski definition) is 2. The third kappa shape index (κ3) is 3.83. The molecule has 0 aliphatic heterocycles. The molecular weight excluding hydrogens is 216 g/mol. The molecule has 0 amide bonds. The SMILES string of the molecule is BrCCCNCc1ccccn1. The largest absolute Gasteiger partial charge is 0.311 e. The Kier molecular flexibility index (Phi) is 4.95. The number of pyridine rings is 1. The van der Waals surface area contributed by atoms with Crippen LogP contribution in [0.25, 0.3) is 0 Å². The van der Waals surface area contributed by atoms with Gasteiger partial charge in [-0.05, 0) is 25.1 Å². The van der Waals surface area contributed by atoms with E-state index in [0.717, 1.165) is 30.5 Å². The molecule has 0 aliphatic carbocycles. The van der Waals surface area contributed by atoms with E-state index < -0.39 is 0 Å². The molecule has 66 valence electrons. The molecule has 1 heterocycles. The number of aromatic nitrogens is 1. The van der Waals surface area contributed by atoms with E-state index in [1.54, 1.807) is 0 Å². The molecule has 0 saturated heterocycles. The maximum atomic E-state index is 4.20. The highest BCUT2D eigenvalue weighted by atomic mass is 79.9. The van der Waals surface area contributed by atoms with Gasteiger partial charge in [-0.25, -0.2) is 0 Å². The Morgan fingerprint density at radius 2 is 2.33 bits per heavy atom. The van der Waals surface area contributed by atoms with Crippen molar-refractivity contribution < 1.29 is 0 Å². The smallest absolute Gasteiger partial charge is 0.0541 e. The molecule has 0 unspecified atom stereocenters. The number of nitrogens with one attached hydrogen (secondary N) is 1. The van der Waals surface area contributed by atoms with Gasteiger partial charge in [0.05, 0.1) is 5.69 Å². The fourth-order valence-electron chi connectivity index (χ4n) is 0.911.